The van der Waals surface area contributed by atoms with Gasteiger partial charge in [0.1, 0.15) is 0 Å². The van der Waals surface area contributed by atoms with E-state index in [0.29, 0.717) is 5.92 Å². The summed E-state index contributed by atoms with van der Waals surface area (Å²) < 4.78 is 0. The van der Waals surface area contributed by atoms with Crippen molar-refractivity contribution in [3.63, 3.8) is 0 Å². The van der Waals surface area contributed by atoms with Crippen LogP contribution in [0, 0.1) is 11.8 Å². The van der Waals surface area contributed by atoms with Crippen molar-refractivity contribution in [2.75, 3.05) is 13.1 Å². The van der Waals surface area contributed by atoms with Gasteiger partial charge in [-0.3, -0.25) is 4.90 Å². The van der Waals surface area contributed by atoms with Crippen LogP contribution in [0.5, 0.6) is 0 Å². The van der Waals surface area contributed by atoms with E-state index in [0.717, 1.165) is 18.9 Å². The minimum absolute atomic E-state index is 0.0163. The molecule has 2 fully saturated rings. The lowest BCUT2D eigenvalue weighted by Crippen LogP contribution is -2.42. The molecule has 1 saturated carbocycles. The van der Waals surface area contributed by atoms with E-state index in [1.54, 1.807) is 0 Å². The van der Waals surface area contributed by atoms with Crippen LogP contribution in [0.15, 0.2) is 0 Å². The van der Waals surface area contributed by atoms with E-state index in [1.807, 2.05) is 0 Å². The second-order valence-corrected chi connectivity index (χ2v) is 5.63. The molecule has 3 unspecified atom stereocenters. The van der Waals surface area contributed by atoms with Crippen molar-refractivity contribution in [3.8, 4) is 0 Å². The molecule has 13 heavy (non-hydrogen) atoms. The standard InChI is InChI=1S/C11H21NO/c1-11(2,3)12-5-4-10(13)9-6-8(9)7-12/h8-10,13H,4-7H2,1-3H3. The first-order valence-electron chi connectivity index (χ1n) is 5.41. The Morgan fingerprint density at radius 3 is 2.62 bits per heavy atom. The maximum atomic E-state index is 9.76. The van der Waals surface area contributed by atoms with Crippen LogP contribution in [0.3, 0.4) is 0 Å². The molecule has 1 aliphatic heterocycles. The predicted molar refractivity (Wildman–Crippen MR) is 53.5 cm³/mol. The number of likely N-dealkylation sites (tertiary alicyclic amines) is 1. The summed E-state index contributed by atoms with van der Waals surface area (Å²) in [4.78, 5) is 2.52. The highest BCUT2D eigenvalue weighted by atomic mass is 16.3. The van der Waals surface area contributed by atoms with Gasteiger partial charge < -0.3 is 5.11 Å². The van der Waals surface area contributed by atoms with Gasteiger partial charge in [0.05, 0.1) is 6.10 Å². The van der Waals surface area contributed by atoms with Gasteiger partial charge in [-0.15, -0.1) is 0 Å². The quantitative estimate of drug-likeness (QED) is 0.615. The summed E-state index contributed by atoms with van der Waals surface area (Å²) in [5.74, 6) is 1.42. The molecule has 0 spiro atoms. The van der Waals surface area contributed by atoms with E-state index in [-0.39, 0.29) is 11.6 Å². The summed E-state index contributed by atoms with van der Waals surface area (Å²) in [6, 6.07) is 0. The molecule has 2 heteroatoms. The normalized spacial score (nSPS) is 41.1. The lowest BCUT2D eigenvalue weighted by atomic mass is 10.1. The first-order chi connectivity index (χ1) is 5.98. The average Bonchev–Trinajstić information content (AvgIpc) is 2.71. The first kappa shape index (κ1) is 9.47. The van der Waals surface area contributed by atoms with Gasteiger partial charge in [0.2, 0.25) is 0 Å². The van der Waals surface area contributed by atoms with Crippen LogP contribution in [-0.2, 0) is 0 Å². The number of hydrogen-bond donors (Lipinski definition) is 1. The van der Waals surface area contributed by atoms with Crippen molar-refractivity contribution in [1.29, 1.82) is 0 Å². The van der Waals surface area contributed by atoms with Gasteiger partial charge in [-0.05, 0) is 45.4 Å². The van der Waals surface area contributed by atoms with Crippen LogP contribution < -0.4 is 0 Å². The van der Waals surface area contributed by atoms with Gasteiger partial charge >= 0.3 is 0 Å². The summed E-state index contributed by atoms with van der Waals surface area (Å²) in [6.07, 6.45) is 2.21. The smallest absolute Gasteiger partial charge is 0.0583 e. The second kappa shape index (κ2) is 2.96. The highest BCUT2D eigenvalue weighted by molar-refractivity contribution is 4.97. The molecule has 1 saturated heterocycles. The Labute approximate surface area is 80.9 Å². The van der Waals surface area contributed by atoms with Gasteiger partial charge in [0, 0.05) is 18.6 Å². The zero-order valence-electron chi connectivity index (χ0n) is 8.95. The maximum absolute atomic E-state index is 9.76. The van der Waals surface area contributed by atoms with Gasteiger partial charge in [-0.2, -0.15) is 0 Å². The molecular weight excluding hydrogens is 162 g/mol. The minimum Gasteiger partial charge on any atom is -0.393 e. The van der Waals surface area contributed by atoms with Crippen LogP contribution >= 0.6 is 0 Å². The molecule has 0 aromatic rings. The average molecular weight is 183 g/mol. The molecule has 76 valence electrons. The van der Waals surface area contributed by atoms with Gasteiger partial charge in [-0.25, -0.2) is 0 Å². The lowest BCUT2D eigenvalue weighted by molar-refractivity contribution is 0.108. The number of aliphatic hydroxyl groups excluding tert-OH is 1. The van der Waals surface area contributed by atoms with Crippen molar-refractivity contribution >= 4 is 0 Å². The fourth-order valence-corrected chi connectivity index (χ4v) is 2.44. The van der Waals surface area contributed by atoms with E-state index in [1.165, 1.54) is 13.0 Å². The highest BCUT2D eigenvalue weighted by Crippen LogP contribution is 2.45. The third-order valence-electron chi connectivity index (χ3n) is 3.57. The molecule has 3 atom stereocenters. The second-order valence-electron chi connectivity index (χ2n) is 5.63. The van der Waals surface area contributed by atoms with Gasteiger partial charge in [0.25, 0.3) is 0 Å². The zero-order chi connectivity index (χ0) is 9.64. The molecule has 0 radical (unpaired) electrons. The van der Waals surface area contributed by atoms with Gasteiger partial charge in [-0.1, -0.05) is 0 Å². The summed E-state index contributed by atoms with van der Waals surface area (Å²) in [5, 5.41) is 9.76. The predicted octanol–water partition coefficient (Wildman–Crippen LogP) is 1.49. The number of fused-ring (bicyclic) bond motifs is 1. The third-order valence-corrected chi connectivity index (χ3v) is 3.57. The molecule has 0 aromatic carbocycles. The molecule has 2 nitrogen and oxygen atoms in total. The van der Waals surface area contributed by atoms with Crippen LogP contribution in [0.4, 0.5) is 0 Å². The topological polar surface area (TPSA) is 23.5 Å². The molecule has 0 aromatic heterocycles. The summed E-state index contributed by atoms with van der Waals surface area (Å²) in [5.41, 5.74) is 0.275. The Hall–Kier alpha value is -0.0800. The minimum atomic E-state index is -0.0163. The third kappa shape index (κ3) is 1.89. The van der Waals surface area contributed by atoms with Crippen molar-refractivity contribution < 1.29 is 5.11 Å². The molecule has 2 aliphatic rings. The van der Waals surface area contributed by atoms with Crippen molar-refractivity contribution in [3.05, 3.63) is 0 Å². The molecule has 1 aliphatic carbocycles. The van der Waals surface area contributed by atoms with E-state index in [4.69, 9.17) is 0 Å². The molecular formula is C11H21NO. The number of aliphatic hydroxyl groups is 1. The number of rotatable bonds is 0. The van der Waals surface area contributed by atoms with Crippen LogP contribution in [-0.4, -0.2) is 34.7 Å². The van der Waals surface area contributed by atoms with Crippen LogP contribution in [0.1, 0.15) is 33.6 Å². The molecule has 1 heterocycles. The summed E-state index contributed by atoms with van der Waals surface area (Å²) in [6.45, 7) is 9.06. The molecule has 0 amide bonds. The summed E-state index contributed by atoms with van der Waals surface area (Å²) in [7, 11) is 0. The monoisotopic (exact) mass is 183 g/mol. The van der Waals surface area contributed by atoms with Crippen molar-refractivity contribution in [2.24, 2.45) is 11.8 Å². The molecule has 0 bridgehead atoms. The molecule has 2 rings (SSSR count). The van der Waals surface area contributed by atoms with Crippen LogP contribution in [0.25, 0.3) is 0 Å². The molecule has 1 N–H and O–H groups in total. The van der Waals surface area contributed by atoms with E-state index >= 15 is 0 Å². The summed E-state index contributed by atoms with van der Waals surface area (Å²) >= 11 is 0. The Balaban J connectivity index is 2.00. The Morgan fingerprint density at radius 2 is 2.00 bits per heavy atom. The van der Waals surface area contributed by atoms with Crippen molar-refractivity contribution in [1.82, 2.24) is 4.90 Å². The van der Waals surface area contributed by atoms with Gasteiger partial charge in [0.15, 0.2) is 0 Å². The Morgan fingerprint density at radius 1 is 1.31 bits per heavy atom. The van der Waals surface area contributed by atoms with E-state index < -0.39 is 0 Å². The Bertz CT molecular complexity index is 197. The highest BCUT2D eigenvalue weighted by Gasteiger charge is 2.46. The number of hydrogen-bond acceptors (Lipinski definition) is 2. The number of nitrogens with zero attached hydrogens (tertiary/aromatic N) is 1. The first-order valence-corrected chi connectivity index (χ1v) is 5.41. The zero-order valence-corrected chi connectivity index (χ0v) is 8.95. The lowest BCUT2D eigenvalue weighted by Gasteiger charge is -2.35. The largest absolute Gasteiger partial charge is 0.393 e. The fraction of sp³-hybridized carbons (Fsp3) is 1.00. The SMILES string of the molecule is CC(C)(C)N1CCC(O)C2CC2C1. The van der Waals surface area contributed by atoms with Crippen LogP contribution in [0.2, 0.25) is 0 Å². The van der Waals surface area contributed by atoms with Crippen molar-refractivity contribution in [2.45, 2.75) is 45.3 Å². The van der Waals surface area contributed by atoms with E-state index in [9.17, 15) is 5.11 Å². The Kier molecular flexibility index (Phi) is 2.16. The fourth-order valence-electron chi connectivity index (χ4n) is 2.44. The van der Waals surface area contributed by atoms with E-state index in [2.05, 4.69) is 25.7 Å². The maximum Gasteiger partial charge on any atom is 0.0583 e.